The molecular formula is C12H23NO3. The first kappa shape index (κ1) is 14.9. The standard InChI is InChI=1S/C12H23NO3/c1-8(2)11(14)13(9(3)4)7-10(5)12(15)16-6/h8-10H,7H2,1-6H3. The highest BCUT2D eigenvalue weighted by molar-refractivity contribution is 5.79. The summed E-state index contributed by atoms with van der Waals surface area (Å²) in [6.07, 6.45) is 0. The zero-order valence-corrected chi connectivity index (χ0v) is 11.1. The fraction of sp³-hybridized carbons (Fsp3) is 0.833. The summed E-state index contributed by atoms with van der Waals surface area (Å²) in [7, 11) is 1.36. The van der Waals surface area contributed by atoms with E-state index in [1.807, 2.05) is 27.7 Å². The van der Waals surface area contributed by atoms with Crippen LogP contribution >= 0.6 is 0 Å². The molecule has 94 valence electrons. The van der Waals surface area contributed by atoms with E-state index < -0.39 is 0 Å². The maximum absolute atomic E-state index is 11.9. The van der Waals surface area contributed by atoms with Crippen LogP contribution in [-0.2, 0) is 14.3 Å². The van der Waals surface area contributed by atoms with Gasteiger partial charge in [-0.1, -0.05) is 20.8 Å². The minimum absolute atomic E-state index is 0.0488. The highest BCUT2D eigenvalue weighted by Crippen LogP contribution is 2.10. The first-order valence-electron chi connectivity index (χ1n) is 5.69. The van der Waals surface area contributed by atoms with Crippen molar-refractivity contribution in [2.75, 3.05) is 13.7 Å². The second-order valence-electron chi connectivity index (χ2n) is 4.66. The van der Waals surface area contributed by atoms with Gasteiger partial charge in [0, 0.05) is 18.5 Å². The molecule has 0 saturated heterocycles. The molecular weight excluding hydrogens is 206 g/mol. The number of carbonyl (C=O) groups excluding carboxylic acids is 2. The first-order chi connectivity index (χ1) is 7.31. The lowest BCUT2D eigenvalue weighted by Crippen LogP contribution is -2.43. The van der Waals surface area contributed by atoms with E-state index in [9.17, 15) is 9.59 Å². The summed E-state index contributed by atoms with van der Waals surface area (Å²) in [6.45, 7) is 9.81. The molecule has 16 heavy (non-hydrogen) atoms. The van der Waals surface area contributed by atoms with Crippen molar-refractivity contribution >= 4 is 11.9 Å². The molecule has 0 aliphatic heterocycles. The third-order valence-corrected chi connectivity index (χ3v) is 2.47. The quantitative estimate of drug-likeness (QED) is 0.674. The van der Waals surface area contributed by atoms with Gasteiger partial charge in [0.05, 0.1) is 13.0 Å². The van der Waals surface area contributed by atoms with Gasteiger partial charge in [-0.25, -0.2) is 0 Å². The van der Waals surface area contributed by atoms with Gasteiger partial charge in [-0.2, -0.15) is 0 Å². The van der Waals surface area contributed by atoms with Crippen LogP contribution in [0.15, 0.2) is 0 Å². The largest absolute Gasteiger partial charge is 0.469 e. The van der Waals surface area contributed by atoms with E-state index in [2.05, 4.69) is 4.74 Å². The average molecular weight is 229 g/mol. The number of nitrogens with zero attached hydrogens (tertiary/aromatic N) is 1. The van der Waals surface area contributed by atoms with Crippen molar-refractivity contribution in [2.45, 2.75) is 40.7 Å². The molecule has 0 aliphatic rings. The molecule has 0 radical (unpaired) electrons. The summed E-state index contributed by atoms with van der Waals surface area (Å²) in [6, 6.07) is 0.0991. The van der Waals surface area contributed by atoms with Crippen LogP contribution in [-0.4, -0.2) is 36.5 Å². The summed E-state index contributed by atoms with van der Waals surface area (Å²) >= 11 is 0. The average Bonchev–Trinajstić information content (AvgIpc) is 2.22. The molecule has 0 heterocycles. The van der Waals surface area contributed by atoms with Gasteiger partial charge in [0.15, 0.2) is 0 Å². The molecule has 0 bridgehead atoms. The van der Waals surface area contributed by atoms with Crippen LogP contribution in [0.3, 0.4) is 0 Å². The molecule has 0 aromatic heterocycles. The second-order valence-corrected chi connectivity index (χ2v) is 4.66. The van der Waals surface area contributed by atoms with Gasteiger partial charge < -0.3 is 9.64 Å². The van der Waals surface area contributed by atoms with Crippen LogP contribution in [0.25, 0.3) is 0 Å². The zero-order valence-electron chi connectivity index (χ0n) is 11.1. The summed E-state index contributed by atoms with van der Waals surface area (Å²) in [5.41, 5.74) is 0. The molecule has 0 fully saturated rings. The van der Waals surface area contributed by atoms with E-state index in [0.29, 0.717) is 6.54 Å². The van der Waals surface area contributed by atoms with E-state index in [4.69, 9.17) is 0 Å². The van der Waals surface area contributed by atoms with Crippen molar-refractivity contribution in [1.82, 2.24) is 4.90 Å². The number of rotatable bonds is 5. The SMILES string of the molecule is COC(=O)C(C)CN(C(=O)C(C)C)C(C)C. The second kappa shape index (κ2) is 6.51. The van der Waals surface area contributed by atoms with Crippen molar-refractivity contribution in [3.8, 4) is 0 Å². The molecule has 1 amide bonds. The Kier molecular flexibility index (Phi) is 6.08. The normalized spacial score (nSPS) is 12.8. The molecule has 0 aromatic carbocycles. The predicted molar refractivity (Wildman–Crippen MR) is 62.9 cm³/mol. The minimum atomic E-state index is -0.282. The molecule has 0 spiro atoms. The highest BCUT2D eigenvalue weighted by atomic mass is 16.5. The van der Waals surface area contributed by atoms with E-state index in [0.717, 1.165) is 0 Å². The van der Waals surface area contributed by atoms with Crippen molar-refractivity contribution < 1.29 is 14.3 Å². The minimum Gasteiger partial charge on any atom is -0.469 e. The number of hydrogen-bond donors (Lipinski definition) is 0. The topological polar surface area (TPSA) is 46.6 Å². The molecule has 0 aromatic rings. The van der Waals surface area contributed by atoms with Gasteiger partial charge in [0.1, 0.15) is 0 Å². The van der Waals surface area contributed by atoms with Gasteiger partial charge in [-0.15, -0.1) is 0 Å². The maximum atomic E-state index is 11.9. The number of hydrogen-bond acceptors (Lipinski definition) is 3. The van der Waals surface area contributed by atoms with Crippen molar-refractivity contribution in [3.05, 3.63) is 0 Å². The molecule has 0 rings (SSSR count). The van der Waals surface area contributed by atoms with Crippen LogP contribution in [0.1, 0.15) is 34.6 Å². The van der Waals surface area contributed by atoms with Crippen LogP contribution < -0.4 is 0 Å². The van der Waals surface area contributed by atoms with Crippen molar-refractivity contribution in [1.29, 1.82) is 0 Å². The fourth-order valence-electron chi connectivity index (χ4n) is 1.46. The third kappa shape index (κ3) is 4.21. The maximum Gasteiger partial charge on any atom is 0.310 e. The summed E-state index contributed by atoms with van der Waals surface area (Å²) in [5, 5.41) is 0. The number of ether oxygens (including phenoxy) is 1. The number of esters is 1. The molecule has 4 heteroatoms. The van der Waals surface area contributed by atoms with Gasteiger partial charge in [-0.05, 0) is 13.8 Å². The van der Waals surface area contributed by atoms with Crippen LogP contribution in [0.5, 0.6) is 0 Å². The Morgan fingerprint density at radius 2 is 1.62 bits per heavy atom. The lowest BCUT2D eigenvalue weighted by Gasteiger charge is -2.30. The van der Waals surface area contributed by atoms with Crippen LogP contribution in [0.2, 0.25) is 0 Å². The smallest absolute Gasteiger partial charge is 0.310 e. The van der Waals surface area contributed by atoms with Gasteiger partial charge >= 0.3 is 5.97 Å². The van der Waals surface area contributed by atoms with Crippen LogP contribution in [0.4, 0.5) is 0 Å². The Morgan fingerprint density at radius 3 is 1.94 bits per heavy atom. The zero-order chi connectivity index (χ0) is 12.9. The Bertz CT molecular complexity index is 249. The molecule has 1 unspecified atom stereocenters. The molecule has 0 N–H and O–H groups in total. The Labute approximate surface area is 98.0 Å². The van der Waals surface area contributed by atoms with E-state index in [1.165, 1.54) is 7.11 Å². The Morgan fingerprint density at radius 1 is 1.12 bits per heavy atom. The number of carbonyl (C=O) groups is 2. The molecule has 0 saturated carbocycles. The van der Waals surface area contributed by atoms with Crippen LogP contribution in [0, 0.1) is 11.8 Å². The van der Waals surface area contributed by atoms with Crippen molar-refractivity contribution in [3.63, 3.8) is 0 Å². The van der Waals surface area contributed by atoms with E-state index in [-0.39, 0.29) is 29.8 Å². The summed E-state index contributed by atoms with van der Waals surface area (Å²) in [5.74, 6) is -0.532. The van der Waals surface area contributed by atoms with Gasteiger partial charge in [0.2, 0.25) is 5.91 Å². The van der Waals surface area contributed by atoms with E-state index >= 15 is 0 Å². The lowest BCUT2D eigenvalue weighted by molar-refractivity contribution is -0.147. The fourth-order valence-corrected chi connectivity index (χ4v) is 1.46. The number of methoxy groups -OCH3 is 1. The number of amides is 1. The van der Waals surface area contributed by atoms with Gasteiger partial charge in [0.25, 0.3) is 0 Å². The molecule has 4 nitrogen and oxygen atoms in total. The van der Waals surface area contributed by atoms with E-state index in [1.54, 1.807) is 11.8 Å². The van der Waals surface area contributed by atoms with Gasteiger partial charge in [-0.3, -0.25) is 9.59 Å². The summed E-state index contributed by atoms with van der Waals surface area (Å²) in [4.78, 5) is 24.9. The Balaban J connectivity index is 4.58. The Hall–Kier alpha value is -1.06. The molecule has 0 aliphatic carbocycles. The summed E-state index contributed by atoms with van der Waals surface area (Å²) < 4.78 is 4.66. The first-order valence-corrected chi connectivity index (χ1v) is 5.69. The lowest BCUT2D eigenvalue weighted by atomic mass is 10.1. The van der Waals surface area contributed by atoms with Crippen molar-refractivity contribution in [2.24, 2.45) is 11.8 Å². The molecule has 1 atom stereocenters. The predicted octanol–water partition coefficient (Wildman–Crippen LogP) is 1.69. The third-order valence-electron chi connectivity index (χ3n) is 2.47. The highest BCUT2D eigenvalue weighted by Gasteiger charge is 2.24. The monoisotopic (exact) mass is 229 g/mol.